The average molecular weight is 152 g/mol. The van der Waals surface area contributed by atoms with Crippen molar-refractivity contribution in [3.63, 3.8) is 0 Å². The monoisotopic (exact) mass is 152 g/mol. The van der Waals surface area contributed by atoms with Gasteiger partial charge in [0.15, 0.2) is 0 Å². The molecule has 1 heteroatoms. The summed E-state index contributed by atoms with van der Waals surface area (Å²) in [5, 5.41) is 0. The molecule has 0 aromatic carbocycles. The van der Waals surface area contributed by atoms with E-state index in [1.165, 1.54) is 38.5 Å². The van der Waals surface area contributed by atoms with Crippen molar-refractivity contribution in [2.24, 2.45) is 17.6 Å². The van der Waals surface area contributed by atoms with Gasteiger partial charge in [0.25, 0.3) is 0 Å². The summed E-state index contributed by atoms with van der Waals surface area (Å²) in [5.41, 5.74) is 5.65. The first-order valence-electron chi connectivity index (χ1n) is 4.94. The van der Waals surface area contributed by atoms with E-state index in [1.807, 2.05) is 0 Å². The maximum Gasteiger partial charge on any atom is -0.00146 e. The standard InChI is InChI=1S/C10H18N/c11-7-8-4-5-9-2-1-3-10(9)6-8/h9-10H,1-7,11H2/t9?,10-/m0/s1. The SMILES string of the molecule is NC[C]1CCC2CCC[C@H]2C1. The highest BCUT2D eigenvalue weighted by Gasteiger charge is 2.33. The van der Waals surface area contributed by atoms with E-state index in [2.05, 4.69) is 0 Å². The molecule has 2 atom stereocenters. The number of fused-ring (bicyclic) bond motifs is 1. The van der Waals surface area contributed by atoms with E-state index in [1.54, 1.807) is 5.92 Å². The van der Waals surface area contributed by atoms with Crippen molar-refractivity contribution in [2.75, 3.05) is 6.54 Å². The fraction of sp³-hybridized carbons (Fsp3) is 0.900. The van der Waals surface area contributed by atoms with Gasteiger partial charge < -0.3 is 5.73 Å². The third-order valence-electron chi connectivity index (χ3n) is 3.52. The van der Waals surface area contributed by atoms with Crippen molar-refractivity contribution in [3.05, 3.63) is 5.92 Å². The smallest absolute Gasteiger partial charge is 0.00146 e. The van der Waals surface area contributed by atoms with E-state index in [4.69, 9.17) is 5.73 Å². The van der Waals surface area contributed by atoms with Crippen molar-refractivity contribution < 1.29 is 0 Å². The van der Waals surface area contributed by atoms with E-state index < -0.39 is 0 Å². The highest BCUT2D eigenvalue weighted by molar-refractivity contribution is 5.00. The van der Waals surface area contributed by atoms with Crippen LogP contribution in [0.2, 0.25) is 0 Å². The Labute approximate surface area is 69.4 Å². The quantitative estimate of drug-likeness (QED) is 0.612. The lowest BCUT2D eigenvalue weighted by Crippen LogP contribution is -2.24. The van der Waals surface area contributed by atoms with Gasteiger partial charge in [0, 0.05) is 0 Å². The summed E-state index contributed by atoms with van der Waals surface area (Å²) < 4.78 is 0. The summed E-state index contributed by atoms with van der Waals surface area (Å²) in [6, 6.07) is 0. The summed E-state index contributed by atoms with van der Waals surface area (Å²) in [7, 11) is 0. The Morgan fingerprint density at radius 3 is 2.82 bits per heavy atom. The number of hydrogen-bond donors (Lipinski definition) is 1. The zero-order chi connectivity index (χ0) is 7.68. The van der Waals surface area contributed by atoms with Gasteiger partial charge in [-0.25, -0.2) is 0 Å². The predicted octanol–water partition coefficient (Wildman–Crippen LogP) is 2.12. The molecule has 2 rings (SSSR count). The maximum absolute atomic E-state index is 5.65. The fourth-order valence-electron chi connectivity index (χ4n) is 2.81. The van der Waals surface area contributed by atoms with Crippen LogP contribution in [-0.2, 0) is 0 Å². The highest BCUT2D eigenvalue weighted by Crippen LogP contribution is 2.44. The van der Waals surface area contributed by atoms with Crippen molar-refractivity contribution >= 4 is 0 Å². The zero-order valence-corrected chi connectivity index (χ0v) is 7.18. The van der Waals surface area contributed by atoms with Crippen LogP contribution in [0.15, 0.2) is 0 Å². The van der Waals surface area contributed by atoms with Crippen LogP contribution in [0.1, 0.15) is 38.5 Å². The molecule has 2 saturated carbocycles. The van der Waals surface area contributed by atoms with Crippen LogP contribution in [0.4, 0.5) is 0 Å². The van der Waals surface area contributed by atoms with Gasteiger partial charge in [0.2, 0.25) is 0 Å². The summed E-state index contributed by atoms with van der Waals surface area (Å²) in [5.74, 6) is 3.74. The van der Waals surface area contributed by atoms with Crippen LogP contribution in [-0.4, -0.2) is 6.54 Å². The maximum atomic E-state index is 5.65. The summed E-state index contributed by atoms with van der Waals surface area (Å²) in [4.78, 5) is 0. The lowest BCUT2D eigenvalue weighted by molar-refractivity contribution is 0.294. The van der Waals surface area contributed by atoms with Crippen molar-refractivity contribution in [1.29, 1.82) is 0 Å². The Bertz CT molecular complexity index is 133. The minimum absolute atomic E-state index is 0.850. The summed E-state index contributed by atoms with van der Waals surface area (Å²) >= 11 is 0. The normalized spacial score (nSPS) is 39.0. The molecule has 2 aliphatic rings. The molecule has 0 aliphatic heterocycles. The predicted molar refractivity (Wildman–Crippen MR) is 47.0 cm³/mol. The minimum atomic E-state index is 0.850. The average Bonchev–Trinajstić information content (AvgIpc) is 2.50. The third-order valence-corrected chi connectivity index (χ3v) is 3.52. The second-order valence-electron chi connectivity index (χ2n) is 4.15. The first-order chi connectivity index (χ1) is 5.40. The number of nitrogens with two attached hydrogens (primary N) is 1. The molecule has 0 saturated heterocycles. The largest absolute Gasteiger partial charge is 0.330 e. The molecule has 2 fully saturated rings. The fourth-order valence-corrected chi connectivity index (χ4v) is 2.81. The zero-order valence-electron chi connectivity index (χ0n) is 7.18. The molecular weight excluding hydrogens is 134 g/mol. The summed E-state index contributed by atoms with van der Waals surface area (Å²) in [6.45, 7) is 0.850. The van der Waals surface area contributed by atoms with Gasteiger partial charge >= 0.3 is 0 Å². The van der Waals surface area contributed by atoms with Crippen molar-refractivity contribution in [1.82, 2.24) is 0 Å². The second-order valence-corrected chi connectivity index (χ2v) is 4.15. The van der Waals surface area contributed by atoms with Gasteiger partial charge in [0.05, 0.1) is 0 Å². The van der Waals surface area contributed by atoms with Gasteiger partial charge in [-0.05, 0) is 43.6 Å². The van der Waals surface area contributed by atoms with E-state index in [0.29, 0.717) is 0 Å². The molecule has 1 unspecified atom stereocenters. The Hall–Kier alpha value is -0.0400. The lowest BCUT2D eigenvalue weighted by atomic mass is 9.76. The van der Waals surface area contributed by atoms with E-state index >= 15 is 0 Å². The molecule has 1 radical (unpaired) electrons. The topological polar surface area (TPSA) is 26.0 Å². The Balaban J connectivity index is 1.91. The molecule has 1 nitrogen and oxygen atoms in total. The van der Waals surface area contributed by atoms with Crippen LogP contribution in [0.3, 0.4) is 0 Å². The molecule has 0 aromatic rings. The molecule has 2 N–H and O–H groups in total. The van der Waals surface area contributed by atoms with E-state index in [-0.39, 0.29) is 0 Å². The Morgan fingerprint density at radius 2 is 2.00 bits per heavy atom. The highest BCUT2D eigenvalue weighted by atomic mass is 14.6. The van der Waals surface area contributed by atoms with Crippen LogP contribution >= 0.6 is 0 Å². The van der Waals surface area contributed by atoms with Crippen LogP contribution in [0.5, 0.6) is 0 Å². The van der Waals surface area contributed by atoms with Crippen LogP contribution < -0.4 is 5.73 Å². The van der Waals surface area contributed by atoms with E-state index in [9.17, 15) is 0 Å². The first kappa shape index (κ1) is 7.60. The number of hydrogen-bond acceptors (Lipinski definition) is 1. The molecule has 0 heterocycles. The van der Waals surface area contributed by atoms with Crippen molar-refractivity contribution in [2.45, 2.75) is 38.5 Å². The minimum Gasteiger partial charge on any atom is -0.330 e. The van der Waals surface area contributed by atoms with Crippen LogP contribution in [0, 0.1) is 17.8 Å². The Kier molecular flexibility index (Phi) is 2.17. The second kappa shape index (κ2) is 3.14. The Morgan fingerprint density at radius 1 is 1.18 bits per heavy atom. The molecule has 0 bridgehead atoms. The molecule has 63 valence electrons. The van der Waals surface area contributed by atoms with Crippen LogP contribution in [0.25, 0.3) is 0 Å². The third kappa shape index (κ3) is 1.44. The van der Waals surface area contributed by atoms with E-state index in [0.717, 1.165) is 18.4 Å². The van der Waals surface area contributed by atoms with Gasteiger partial charge in [-0.3, -0.25) is 0 Å². The van der Waals surface area contributed by atoms with Gasteiger partial charge in [-0.1, -0.05) is 19.3 Å². The van der Waals surface area contributed by atoms with Gasteiger partial charge in [-0.2, -0.15) is 0 Å². The first-order valence-corrected chi connectivity index (χ1v) is 4.94. The molecule has 0 amide bonds. The van der Waals surface area contributed by atoms with Gasteiger partial charge in [-0.15, -0.1) is 0 Å². The van der Waals surface area contributed by atoms with Gasteiger partial charge in [0.1, 0.15) is 0 Å². The molecular formula is C10H18N. The van der Waals surface area contributed by atoms with Crippen molar-refractivity contribution in [3.8, 4) is 0 Å². The lowest BCUT2D eigenvalue weighted by Gasteiger charge is -2.30. The summed E-state index contributed by atoms with van der Waals surface area (Å²) in [6.07, 6.45) is 8.60. The number of rotatable bonds is 1. The molecule has 0 spiro atoms. The molecule has 0 aromatic heterocycles. The molecule has 2 aliphatic carbocycles. The molecule has 11 heavy (non-hydrogen) atoms.